The third kappa shape index (κ3) is 2.45. The summed E-state index contributed by atoms with van der Waals surface area (Å²) in [5.41, 5.74) is 1.98. The topological polar surface area (TPSA) is 57.8 Å². The van der Waals surface area contributed by atoms with E-state index in [0.717, 1.165) is 22.4 Å². The Kier molecular flexibility index (Phi) is 3.18. The lowest BCUT2D eigenvalue weighted by Gasteiger charge is -1.99. The summed E-state index contributed by atoms with van der Waals surface area (Å²) in [5.74, 6) is 0.0387. The second kappa shape index (κ2) is 4.85. The Labute approximate surface area is 122 Å². The molecule has 1 aromatic carbocycles. The number of H-pyrrole nitrogens is 1. The van der Waals surface area contributed by atoms with E-state index in [-0.39, 0.29) is 5.91 Å². The van der Waals surface area contributed by atoms with Crippen LogP contribution in [0, 0.1) is 0 Å². The summed E-state index contributed by atoms with van der Waals surface area (Å²) in [6.45, 7) is 0. The molecule has 0 aliphatic rings. The molecule has 7 heteroatoms. The van der Waals surface area contributed by atoms with Gasteiger partial charge in [-0.15, -0.1) is 11.3 Å². The van der Waals surface area contributed by atoms with Crippen molar-refractivity contribution in [2.75, 3.05) is 5.32 Å². The van der Waals surface area contributed by atoms with Crippen molar-refractivity contribution in [1.82, 2.24) is 9.97 Å². The smallest absolute Gasteiger partial charge is 0.260 e. The predicted octanol–water partition coefficient (Wildman–Crippen LogP) is 4.18. The van der Waals surface area contributed by atoms with Crippen molar-refractivity contribution in [3.63, 3.8) is 0 Å². The number of halogens is 2. The zero-order valence-electron chi connectivity index (χ0n) is 9.41. The Bertz CT molecular complexity index is 732. The van der Waals surface area contributed by atoms with Crippen LogP contribution in [0.4, 0.5) is 5.95 Å². The second-order valence-corrected chi connectivity index (χ2v) is 6.08. The van der Waals surface area contributed by atoms with Crippen LogP contribution in [-0.2, 0) is 0 Å². The highest BCUT2D eigenvalue weighted by molar-refractivity contribution is 7.20. The van der Waals surface area contributed by atoms with Gasteiger partial charge in [0.05, 0.1) is 20.9 Å². The first-order valence-corrected chi connectivity index (χ1v) is 6.91. The number of anilines is 1. The molecule has 4 nitrogen and oxygen atoms in total. The summed E-state index contributed by atoms with van der Waals surface area (Å²) in [6, 6.07) is 9.04. The van der Waals surface area contributed by atoms with E-state index in [2.05, 4.69) is 15.3 Å². The number of fused-ring (bicyclic) bond motifs is 1. The third-order valence-corrected chi connectivity index (χ3v) is 4.01. The van der Waals surface area contributed by atoms with Crippen molar-refractivity contribution in [3.05, 3.63) is 44.6 Å². The third-order valence-electron chi connectivity index (χ3n) is 2.52. The largest absolute Gasteiger partial charge is 0.324 e. The van der Waals surface area contributed by atoms with Gasteiger partial charge in [0.15, 0.2) is 0 Å². The SMILES string of the molecule is O=C(Nc1nc2ccccc2[nH]1)c1cc(Cl)sc1Cl. The lowest BCUT2D eigenvalue weighted by molar-refractivity contribution is 0.102. The van der Waals surface area contributed by atoms with Gasteiger partial charge in [-0.05, 0) is 18.2 Å². The van der Waals surface area contributed by atoms with Crippen molar-refractivity contribution in [1.29, 1.82) is 0 Å². The molecule has 0 aliphatic heterocycles. The summed E-state index contributed by atoms with van der Waals surface area (Å²) >= 11 is 12.9. The van der Waals surface area contributed by atoms with Gasteiger partial charge in [0.2, 0.25) is 5.95 Å². The maximum atomic E-state index is 12.0. The molecular weight excluding hydrogens is 305 g/mol. The molecule has 0 unspecified atom stereocenters. The van der Waals surface area contributed by atoms with Crippen molar-refractivity contribution in [2.24, 2.45) is 0 Å². The highest BCUT2D eigenvalue weighted by Gasteiger charge is 2.15. The number of hydrogen-bond acceptors (Lipinski definition) is 3. The number of aromatic nitrogens is 2. The van der Waals surface area contributed by atoms with Gasteiger partial charge < -0.3 is 4.98 Å². The second-order valence-electron chi connectivity index (χ2n) is 3.79. The molecule has 2 aromatic heterocycles. The molecule has 0 saturated carbocycles. The number of amides is 1. The fourth-order valence-corrected chi connectivity index (χ4v) is 3.14. The van der Waals surface area contributed by atoms with Crippen LogP contribution in [0.1, 0.15) is 10.4 Å². The molecule has 2 heterocycles. The van der Waals surface area contributed by atoms with Crippen LogP contribution in [-0.4, -0.2) is 15.9 Å². The first kappa shape index (κ1) is 12.5. The molecule has 0 saturated heterocycles. The van der Waals surface area contributed by atoms with Crippen LogP contribution in [0.2, 0.25) is 8.67 Å². The zero-order chi connectivity index (χ0) is 13.4. The van der Waals surface area contributed by atoms with Gasteiger partial charge >= 0.3 is 0 Å². The minimum absolute atomic E-state index is 0.341. The summed E-state index contributed by atoms with van der Waals surface area (Å²) < 4.78 is 0.832. The van der Waals surface area contributed by atoms with E-state index in [0.29, 0.717) is 20.2 Å². The van der Waals surface area contributed by atoms with Gasteiger partial charge in [0.1, 0.15) is 4.34 Å². The van der Waals surface area contributed by atoms with Crippen LogP contribution in [0.3, 0.4) is 0 Å². The Balaban J connectivity index is 1.88. The minimum Gasteiger partial charge on any atom is -0.324 e. The first-order valence-electron chi connectivity index (χ1n) is 5.34. The Morgan fingerprint density at radius 2 is 2.11 bits per heavy atom. The standard InChI is InChI=1S/C12H7Cl2N3OS/c13-9-5-6(10(14)19-9)11(18)17-12-15-7-3-1-2-4-8(7)16-12/h1-5H,(H2,15,16,17,18). The van der Waals surface area contributed by atoms with Crippen LogP contribution >= 0.6 is 34.5 Å². The summed E-state index contributed by atoms with van der Waals surface area (Å²) in [4.78, 5) is 19.3. The Morgan fingerprint density at radius 1 is 1.32 bits per heavy atom. The minimum atomic E-state index is -0.341. The average molecular weight is 312 g/mol. The number of benzene rings is 1. The maximum Gasteiger partial charge on any atom is 0.260 e. The van der Waals surface area contributed by atoms with Crippen LogP contribution in [0.15, 0.2) is 30.3 Å². The summed E-state index contributed by atoms with van der Waals surface area (Å²) in [6.07, 6.45) is 0. The lowest BCUT2D eigenvalue weighted by Crippen LogP contribution is -2.12. The van der Waals surface area contributed by atoms with E-state index in [4.69, 9.17) is 23.2 Å². The van der Waals surface area contributed by atoms with Crippen molar-refractivity contribution in [3.8, 4) is 0 Å². The van der Waals surface area contributed by atoms with E-state index in [1.807, 2.05) is 24.3 Å². The highest BCUT2D eigenvalue weighted by Crippen LogP contribution is 2.31. The lowest BCUT2D eigenvalue weighted by atomic mass is 10.3. The number of thiophene rings is 1. The van der Waals surface area contributed by atoms with Gasteiger partial charge in [-0.2, -0.15) is 0 Å². The fourth-order valence-electron chi connectivity index (χ4n) is 1.68. The van der Waals surface area contributed by atoms with Crippen molar-refractivity contribution in [2.45, 2.75) is 0 Å². The maximum absolute atomic E-state index is 12.0. The average Bonchev–Trinajstić information content (AvgIpc) is 2.91. The molecule has 0 bridgehead atoms. The number of carbonyl (C=O) groups is 1. The number of nitrogens with one attached hydrogen (secondary N) is 2. The van der Waals surface area contributed by atoms with E-state index >= 15 is 0 Å². The molecule has 0 radical (unpaired) electrons. The van der Waals surface area contributed by atoms with Gasteiger partial charge in [-0.25, -0.2) is 4.98 Å². The van der Waals surface area contributed by atoms with Crippen LogP contribution < -0.4 is 5.32 Å². The molecule has 3 rings (SSSR count). The molecule has 0 aliphatic carbocycles. The molecule has 1 amide bonds. The van der Waals surface area contributed by atoms with Gasteiger partial charge in [0, 0.05) is 0 Å². The molecular formula is C12H7Cl2N3OS. The zero-order valence-corrected chi connectivity index (χ0v) is 11.7. The Morgan fingerprint density at radius 3 is 2.79 bits per heavy atom. The Hall–Kier alpha value is -1.56. The number of para-hydroxylation sites is 2. The molecule has 0 fully saturated rings. The number of imidazole rings is 1. The molecule has 19 heavy (non-hydrogen) atoms. The predicted molar refractivity (Wildman–Crippen MR) is 78.4 cm³/mol. The van der Waals surface area contributed by atoms with Crippen LogP contribution in [0.25, 0.3) is 11.0 Å². The summed E-state index contributed by atoms with van der Waals surface area (Å²) in [7, 11) is 0. The number of nitrogens with zero attached hydrogens (tertiary/aromatic N) is 1. The number of rotatable bonds is 2. The van der Waals surface area contributed by atoms with Crippen molar-refractivity contribution >= 4 is 57.4 Å². The van der Waals surface area contributed by atoms with Crippen LogP contribution in [0.5, 0.6) is 0 Å². The summed E-state index contributed by atoms with van der Waals surface area (Å²) in [5, 5.41) is 2.66. The van der Waals surface area contributed by atoms with E-state index in [9.17, 15) is 4.79 Å². The van der Waals surface area contributed by atoms with Gasteiger partial charge in [0.25, 0.3) is 5.91 Å². The van der Waals surface area contributed by atoms with Gasteiger partial charge in [-0.3, -0.25) is 10.1 Å². The fraction of sp³-hybridized carbons (Fsp3) is 0. The number of aromatic amines is 1. The quantitative estimate of drug-likeness (QED) is 0.745. The number of carbonyl (C=O) groups excluding carboxylic acids is 1. The van der Waals surface area contributed by atoms with E-state index < -0.39 is 0 Å². The highest BCUT2D eigenvalue weighted by atomic mass is 35.5. The van der Waals surface area contributed by atoms with E-state index in [1.54, 1.807) is 0 Å². The molecule has 3 aromatic rings. The first-order chi connectivity index (χ1) is 9.13. The molecule has 0 spiro atoms. The van der Waals surface area contributed by atoms with Crippen molar-refractivity contribution < 1.29 is 4.79 Å². The molecule has 96 valence electrons. The van der Waals surface area contributed by atoms with Gasteiger partial charge in [-0.1, -0.05) is 35.3 Å². The molecule has 0 atom stereocenters. The molecule has 2 N–H and O–H groups in total. The monoisotopic (exact) mass is 311 g/mol. The number of hydrogen-bond donors (Lipinski definition) is 2. The normalized spacial score (nSPS) is 10.8. The van der Waals surface area contributed by atoms with E-state index in [1.165, 1.54) is 6.07 Å².